The summed E-state index contributed by atoms with van der Waals surface area (Å²) in [6.07, 6.45) is 0.958. The van der Waals surface area contributed by atoms with E-state index in [1.807, 2.05) is 12.1 Å². The summed E-state index contributed by atoms with van der Waals surface area (Å²) in [5.74, 6) is -1.17. The lowest BCUT2D eigenvalue weighted by atomic mass is 10.1. The molecular formula is C12H16O4S. The van der Waals surface area contributed by atoms with Crippen LogP contribution in [0.4, 0.5) is 0 Å². The highest BCUT2D eigenvalue weighted by Gasteiger charge is 2.18. The van der Waals surface area contributed by atoms with Crippen LogP contribution in [0.15, 0.2) is 12.1 Å². The van der Waals surface area contributed by atoms with Crippen LogP contribution < -0.4 is 0 Å². The van der Waals surface area contributed by atoms with Gasteiger partial charge in [-0.15, -0.1) is 11.3 Å². The topological polar surface area (TPSA) is 52.6 Å². The molecule has 0 aliphatic carbocycles. The first kappa shape index (κ1) is 13.7. The zero-order valence-electron chi connectivity index (χ0n) is 10.2. The molecule has 94 valence electrons. The van der Waals surface area contributed by atoms with Crippen molar-refractivity contribution in [3.8, 4) is 0 Å². The summed E-state index contributed by atoms with van der Waals surface area (Å²) in [5, 5.41) is 0. The SMILES string of the molecule is CCc1ccc(C(C)C(=O)OCOC(C)=O)s1. The van der Waals surface area contributed by atoms with Gasteiger partial charge in [0.2, 0.25) is 6.79 Å². The van der Waals surface area contributed by atoms with Crippen LogP contribution in [0.5, 0.6) is 0 Å². The Morgan fingerprint density at radius 3 is 2.59 bits per heavy atom. The molecular weight excluding hydrogens is 240 g/mol. The largest absolute Gasteiger partial charge is 0.428 e. The van der Waals surface area contributed by atoms with Crippen molar-refractivity contribution in [1.82, 2.24) is 0 Å². The van der Waals surface area contributed by atoms with Crippen LogP contribution in [0.1, 0.15) is 36.4 Å². The van der Waals surface area contributed by atoms with Crippen LogP contribution in [0.25, 0.3) is 0 Å². The molecule has 1 aromatic rings. The predicted molar refractivity (Wildman–Crippen MR) is 64.8 cm³/mol. The zero-order chi connectivity index (χ0) is 12.8. The fourth-order valence-corrected chi connectivity index (χ4v) is 2.22. The van der Waals surface area contributed by atoms with Gasteiger partial charge in [0, 0.05) is 16.7 Å². The van der Waals surface area contributed by atoms with Crippen molar-refractivity contribution in [1.29, 1.82) is 0 Å². The van der Waals surface area contributed by atoms with E-state index in [2.05, 4.69) is 11.7 Å². The molecule has 1 aromatic heterocycles. The molecule has 0 aliphatic heterocycles. The van der Waals surface area contributed by atoms with Crippen molar-refractivity contribution in [2.24, 2.45) is 0 Å². The standard InChI is InChI=1S/C12H16O4S/c1-4-10-5-6-11(17-10)8(2)12(14)16-7-15-9(3)13/h5-6,8H,4,7H2,1-3H3. The number of thiophene rings is 1. The van der Waals surface area contributed by atoms with E-state index in [0.717, 1.165) is 11.3 Å². The zero-order valence-corrected chi connectivity index (χ0v) is 11.0. The second-order valence-corrected chi connectivity index (χ2v) is 4.80. The van der Waals surface area contributed by atoms with Crippen molar-refractivity contribution >= 4 is 23.3 Å². The summed E-state index contributed by atoms with van der Waals surface area (Å²) in [6.45, 7) is 4.80. The molecule has 0 saturated heterocycles. The highest BCUT2D eigenvalue weighted by Crippen LogP contribution is 2.25. The minimum atomic E-state index is -0.463. The third-order valence-electron chi connectivity index (χ3n) is 2.27. The fourth-order valence-electron chi connectivity index (χ4n) is 1.23. The lowest BCUT2D eigenvalue weighted by molar-refractivity contribution is -0.166. The van der Waals surface area contributed by atoms with Crippen LogP contribution in [0, 0.1) is 0 Å². The number of esters is 2. The third-order valence-corrected chi connectivity index (χ3v) is 3.69. The van der Waals surface area contributed by atoms with Gasteiger partial charge in [-0.2, -0.15) is 0 Å². The Kier molecular flexibility index (Phi) is 5.15. The predicted octanol–water partition coefficient (Wildman–Crippen LogP) is 2.48. The summed E-state index contributed by atoms with van der Waals surface area (Å²) in [6, 6.07) is 3.94. The Morgan fingerprint density at radius 1 is 1.35 bits per heavy atom. The number of aryl methyl sites for hydroxylation is 1. The van der Waals surface area contributed by atoms with Crippen molar-refractivity contribution < 1.29 is 19.1 Å². The average molecular weight is 256 g/mol. The van der Waals surface area contributed by atoms with Gasteiger partial charge in [0.15, 0.2) is 0 Å². The minimum absolute atomic E-state index is 0.315. The Bertz CT molecular complexity index is 397. The third kappa shape index (κ3) is 4.19. The lowest BCUT2D eigenvalue weighted by Crippen LogP contribution is -2.15. The first-order valence-corrected chi connectivity index (χ1v) is 6.24. The fraction of sp³-hybridized carbons (Fsp3) is 0.500. The Labute approximate surface area is 105 Å². The van der Waals surface area contributed by atoms with E-state index in [1.54, 1.807) is 18.3 Å². The average Bonchev–Trinajstić information content (AvgIpc) is 2.75. The molecule has 0 N–H and O–H groups in total. The van der Waals surface area contributed by atoms with Crippen LogP contribution in [-0.4, -0.2) is 18.7 Å². The Morgan fingerprint density at radius 2 is 2.06 bits per heavy atom. The highest BCUT2D eigenvalue weighted by molar-refractivity contribution is 7.12. The molecule has 17 heavy (non-hydrogen) atoms. The molecule has 0 radical (unpaired) electrons. The molecule has 0 fully saturated rings. The van der Waals surface area contributed by atoms with E-state index in [-0.39, 0.29) is 18.7 Å². The molecule has 5 heteroatoms. The number of rotatable bonds is 5. The molecule has 1 unspecified atom stereocenters. The lowest BCUT2D eigenvalue weighted by Gasteiger charge is -2.09. The molecule has 0 amide bonds. The van der Waals surface area contributed by atoms with Crippen LogP contribution in [0.2, 0.25) is 0 Å². The van der Waals surface area contributed by atoms with Crippen LogP contribution in [-0.2, 0) is 25.5 Å². The molecule has 4 nitrogen and oxygen atoms in total. The van der Waals surface area contributed by atoms with Gasteiger partial charge in [-0.05, 0) is 25.5 Å². The van der Waals surface area contributed by atoms with Crippen LogP contribution in [0.3, 0.4) is 0 Å². The molecule has 0 saturated carbocycles. The van der Waals surface area contributed by atoms with E-state index < -0.39 is 5.97 Å². The van der Waals surface area contributed by atoms with Crippen molar-refractivity contribution in [3.63, 3.8) is 0 Å². The molecule has 0 spiro atoms. The number of carbonyl (C=O) groups is 2. The Balaban J connectivity index is 2.48. The molecule has 1 atom stereocenters. The van der Waals surface area contributed by atoms with E-state index in [9.17, 15) is 9.59 Å². The summed E-state index contributed by atoms with van der Waals surface area (Å²) < 4.78 is 9.38. The molecule has 1 heterocycles. The summed E-state index contributed by atoms with van der Waals surface area (Å²) in [7, 11) is 0. The Hall–Kier alpha value is -1.36. The van der Waals surface area contributed by atoms with Gasteiger partial charge in [0.1, 0.15) is 0 Å². The number of ether oxygens (including phenoxy) is 2. The van der Waals surface area contributed by atoms with Crippen LogP contribution >= 0.6 is 11.3 Å². The first-order chi connectivity index (χ1) is 8.04. The highest BCUT2D eigenvalue weighted by atomic mass is 32.1. The smallest absolute Gasteiger partial charge is 0.316 e. The minimum Gasteiger partial charge on any atom is -0.428 e. The van der Waals surface area contributed by atoms with Gasteiger partial charge in [0.25, 0.3) is 0 Å². The van der Waals surface area contributed by atoms with Gasteiger partial charge in [-0.25, -0.2) is 0 Å². The first-order valence-electron chi connectivity index (χ1n) is 5.43. The van der Waals surface area contributed by atoms with Gasteiger partial charge in [0.05, 0.1) is 5.92 Å². The number of hydrogen-bond acceptors (Lipinski definition) is 5. The quantitative estimate of drug-likeness (QED) is 0.600. The van der Waals surface area contributed by atoms with E-state index in [4.69, 9.17) is 4.74 Å². The summed E-state index contributed by atoms with van der Waals surface area (Å²) >= 11 is 1.60. The second kappa shape index (κ2) is 6.39. The van der Waals surface area contributed by atoms with Gasteiger partial charge in [-0.3, -0.25) is 9.59 Å². The van der Waals surface area contributed by atoms with Crippen molar-refractivity contribution in [2.45, 2.75) is 33.1 Å². The van der Waals surface area contributed by atoms with Gasteiger partial charge in [-0.1, -0.05) is 6.92 Å². The number of carbonyl (C=O) groups excluding carboxylic acids is 2. The van der Waals surface area contributed by atoms with E-state index >= 15 is 0 Å². The molecule has 0 aliphatic rings. The monoisotopic (exact) mass is 256 g/mol. The molecule has 1 rings (SSSR count). The van der Waals surface area contributed by atoms with Crippen molar-refractivity contribution in [2.75, 3.05) is 6.79 Å². The molecule has 0 bridgehead atoms. The maximum absolute atomic E-state index is 11.6. The molecule has 0 aromatic carbocycles. The summed E-state index contributed by atoms with van der Waals surface area (Å²) in [5.41, 5.74) is 0. The van der Waals surface area contributed by atoms with Gasteiger partial charge >= 0.3 is 11.9 Å². The second-order valence-electron chi connectivity index (χ2n) is 3.60. The number of hydrogen-bond donors (Lipinski definition) is 0. The summed E-state index contributed by atoms with van der Waals surface area (Å²) in [4.78, 5) is 24.3. The van der Waals surface area contributed by atoms with Gasteiger partial charge < -0.3 is 9.47 Å². The van der Waals surface area contributed by atoms with E-state index in [0.29, 0.717) is 0 Å². The van der Waals surface area contributed by atoms with Crippen molar-refractivity contribution in [3.05, 3.63) is 21.9 Å². The maximum atomic E-state index is 11.6. The van der Waals surface area contributed by atoms with E-state index in [1.165, 1.54) is 11.8 Å². The normalized spacial score (nSPS) is 11.9. The maximum Gasteiger partial charge on any atom is 0.316 e.